The fourth-order valence-corrected chi connectivity index (χ4v) is 3.05. The van der Waals surface area contributed by atoms with Gasteiger partial charge in [-0.3, -0.25) is 14.9 Å². The molecule has 1 atom stereocenters. The van der Waals surface area contributed by atoms with Gasteiger partial charge in [0.15, 0.2) is 0 Å². The maximum absolute atomic E-state index is 11.9. The molecule has 1 aromatic rings. The molecule has 1 saturated heterocycles. The lowest BCUT2D eigenvalue weighted by Gasteiger charge is -2.22. The summed E-state index contributed by atoms with van der Waals surface area (Å²) < 4.78 is 0. The van der Waals surface area contributed by atoms with Crippen LogP contribution in [-0.2, 0) is 4.79 Å². The topological polar surface area (TPSA) is 84.3 Å². The third-order valence-corrected chi connectivity index (χ3v) is 4.31. The third-order valence-electron chi connectivity index (χ3n) is 2.86. The summed E-state index contributed by atoms with van der Waals surface area (Å²) in [4.78, 5) is 22.1. The van der Waals surface area contributed by atoms with E-state index in [1.54, 1.807) is 6.07 Å². The zero-order chi connectivity index (χ0) is 14.5. The maximum atomic E-state index is 11.9. The van der Waals surface area contributed by atoms with Gasteiger partial charge in [-0.1, -0.05) is 11.6 Å². The number of nitro benzene ring substituents is 1. The molecule has 8 heteroatoms. The Morgan fingerprint density at radius 3 is 3.05 bits per heavy atom. The lowest BCUT2D eigenvalue weighted by molar-refractivity contribution is -0.384. The highest BCUT2D eigenvalue weighted by Crippen LogP contribution is 2.27. The Kier molecular flexibility index (Phi) is 5.22. The fraction of sp³-hybridized carbons (Fsp3) is 0.417. The summed E-state index contributed by atoms with van der Waals surface area (Å²) in [6, 6.07) is 4.37. The largest absolute Gasteiger partial charge is 0.326 e. The Morgan fingerprint density at radius 2 is 2.40 bits per heavy atom. The summed E-state index contributed by atoms with van der Waals surface area (Å²) in [7, 11) is 0. The van der Waals surface area contributed by atoms with Crippen molar-refractivity contribution >= 4 is 40.6 Å². The number of amides is 1. The summed E-state index contributed by atoms with van der Waals surface area (Å²) in [6.07, 6.45) is 0.351. The normalized spacial score (nSPS) is 18.6. The average Bonchev–Trinajstić information content (AvgIpc) is 2.41. The number of nitro groups is 1. The van der Waals surface area contributed by atoms with Crippen molar-refractivity contribution in [3.63, 3.8) is 0 Å². The Morgan fingerprint density at radius 1 is 1.60 bits per heavy atom. The van der Waals surface area contributed by atoms with Crippen molar-refractivity contribution in [3.05, 3.63) is 33.3 Å². The molecular weight excluding hydrogens is 302 g/mol. The quantitative estimate of drug-likeness (QED) is 0.658. The number of thioether (sulfide) groups is 1. The van der Waals surface area contributed by atoms with E-state index in [1.165, 1.54) is 12.1 Å². The van der Waals surface area contributed by atoms with Gasteiger partial charge in [0, 0.05) is 42.3 Å². The molecule has 0 saturated carbocycles. The summed E-state index contributed by atoms with van der Waals surface area (Å²) in [5.74, 6) is 1.79. The van der Waals surface area contributed by atoms with Gasteiger partial charge in [-0.25, -0.2) is 0 Å². The van der Waals surface area contributed by atoms with Crippen LogP contribution in [-0.4, -0.2) is 34.9 Å². The molecular formula is C12H14ClN3O3S. The Labute approximate surface area is 125 Å². The van der Waals surface area contributed by atoms with Crippen LogP contribution in [0.4, 0.5) is 11.4 Å². The number of halogens is 1. The lowest BCUT2D eigenvalue weighted by Crippen LogP contribution is -2.39. The lowest BCUT2D eigenvalue weighted by atomic mass is 10.2. The van der Waals surface area contributed by atoms with Crippen LogP contribution in [0.3, 0.4) is 0 Å². The molecule has 0 aliphatic carbocycles. The van der Waals surface area contributed by atoms with Crippen LogP contribution in [0.5, 0.6) is 0 Å². The molecule has 0 radical (unpaired) electrons. The number of carbonyl (C=O) groups excluding carboxylic acids is 1. The minimum atomic E-state index is -0.572. The number of nitrogens with zero attached hydrogens (tertiary/aromatic N) is 1. The van der Waals surface area contributed by atoms with Gasteiger partial charge in [-0.2, -0.15) is 11.8 Å². The van der Waals surface area contributed by atoms with E-state index >= 15 is 0 Å². The molecule has 0 bridgehead atoms. The van der Waals surface area contributed by atoms with E-state index in [0.29, 0.717) is 12.1 Å². The number of benzene rings is 1. The first kappa shape index (κ1) is 15.1. The molecule has 2 N–H and O–H groups in total. The van der Waals surface area contributed by atoms with E-state index in [4.69, 9.17) is 11.6 Å². The highest BCUT2D eigenvalue weighted by atomic mass is 35.5. The highest BCUT2D eigenvalue weighted by molar-refractivity contribution is 7.99. The van der Waals surface area contributed by atoms with Crippen molar-refractivity contribution in [1.82, 2.24) is 5.32 Å². The van der Waals surface area contributed by atoms with Gasteiger partial charge in [-0.15, -0.1) is 0 Å². The van der Waals surface area contributed by atoms with Crippen molar-refractivity contribution in [2.45, 2.75) is 12.5 Å². The first-order valence-corrected chi connectivity index (χ1v) is 7.64. The SMILES string of the molecule is O=C(CC1CSCCN1)Nc1ccc(Cl)c([N+](=O)[O-])c1. The Bertz CT molecular complexity index is 521. The predicted molar refractivity (Wildman–Crippen MR) is 80.5 cm³/mol. The molecule has 6 nitrogen and oxygen atoms in total. The Hall–Kier alpha value is -1.31. The third kappa shape index (κ3) is 4.09. The fourth-order valence-electron chi connectivity index (χ4n) is 1.92. The van der Waals surface area contributed by atoms with E-state index < -0.39 is 4.92 Å². The van der Waals surface area contributed by atoms with E-state index in [9.17, 15) is 14.9 Å². The smallest absolute Gasteiger partial charge is 0.289 e. The van der Waals surface area contributed by atoms with E-state index in [1.807, 2.05) is 11.8 Å². The monoisotopic (exact) mass is 315 g/mol. The molecule has 20 heavy (non-hydrogen) atoms. The van der Waals surface area contributed by atoms with Crippen molar-refractivity contribution in [2.24, 2.45) is 0 Å². The molecule has 1 heterocycles. The van der Waals surface area contributed by atoms with Crippen LogP contribution in [0, 0.1) is 10.1 Å². The molecule has 0 aromatic heterocycles. The number of anilines is 1. The van der Waals surface area contributed by atoms with Gasteiger partial charge in [0.2, 0.25) is 5.91 Å². The minimum absolute atomic E-state index is 0.0540. The number of carbonyl (C=O) groups is 1. The second kappa shape index (κ2) is 6.92. The van der Waals surface area contributed by atoms with Crippen LogP contribution >= 0.6 is 23.4 Å². The number of hydrogen-bond acceptors (Lipinski definition) is 5. The zero-order valence-corrected chi connectivity index (χ0v) is 12.2. The molecule has 1 aromatic carbocycles. The van der Waals surface area contributed by atoms with Crippen LogP contribution in [0.15, 0.2) is 18.2 Å². The minimum Gasteiger partial charge on any atom is -0.326 e. The van der Waals surface area contributed by atoms with Gasteiger partial charge in [-0.05, 0) is 12.1 Å². The summed E-state index contributed by atoms with van der Waals surface area (Å²) in [6.45, 7) is 0.898. The number of rotatable bonds is 4. The van der Waals surface area contributed by atoms with Crippen molar-refractivity contribution < 1.29 is 9.72 Å². The van der Waals surface area contributed by atoms with Crippen LogP contribution in [0.1, 0.15) is 6.42 Å². The van der Waals surface area contributed by atoms with Crippen LogP contribution in [0.2, 0.25) is 5.02 Å². The second-order valence-corrected chi connectivity index (χ2v) is 5.96. The van der Waals surface area contributed by atoms with Gasteiger partial charge in [0.05, 0.1) is 4.92 Å². The molecule has 2 rings (SSSR count). The second-order valence-electron chi connectivity index (χ2n) is 4.40. The van der Waals surface area contributed by atoms with Crippen LogP contribution < -0.4 is 10.6 Å². The van der Waals surface area contributed by atoms with Crippen molar-refractivity contribution in [2.75, 3.05) is 23.4 Å². The molecule has 1 aliphatic heterocycles. The van der Waals surface area contributed by atoms with Gasteiger partial charge >= 0.3 is 0 Å². The number of nitrogens with one attached hydrogen (secondary N) is 2. The molecule has 108 valence electrons. The number of hydrogen-bond donors (Lipinski definition) is 2. The highest BCUT2D eigenvalue weighted by Gasteiger charge is 2.18. The van der Waals surface area contributed by atoms with Gasteiger partial charge in [0.1, 0.15) is 5.02 Å². The van der Waals surface area contributed by atoms with E-state index in [0.717, 1.165) is 18.1 Å². The first-order chi connectivity index (χ1) is 9.56. The zero-order valence-electron chi connectivity index (χ0n) is 10.6. The first-order valence-electron chi connectivity index (χ1n) is 6.11. The molecule has 1 aliphatic rings. The molecule has 1 amide bonds. The molecule has 0 spiro atoms. The van der Waals surface area contributed by atoms with Crippen molar-refractivity contribution in [3.8, 4) is 0 Å². The van der Waals surface area contributed by atoms with Gasteiger partial charge < -0.3 is 10.6 Å². The summed E-state index contributed by atoms with van der Waals surface area (Å²) in [5, 5.41) is 16.8. The summed E-state index contributed by atoms with van der Waals surface area (Å²) >= 11 is 7.53. The average molecular weight is 316 g/mol. The summed E-state index contributed by atoms with van der Waals surface area (Å²) in [5.41, 5.74) is 0.172. The van der Waals surface area contributed by atoms with Crippen molar-refractivity contribution in [1.29, 1.82) is 0 Å². The predicted octanol–water partition coefficient (Wildman–Crippen LogP) is 2.28. The Balaban J connectivity index is 1.96. The maximum Gasteiger partial charge on any atom is 0.289 e. The molecule has 1 fully saturated rings. The van der Waals surface area contributed by atoms with Gasteiger partial charge in [0.25, 0.3) is 5.69 Å². The molecule has 1 unspecified atom stereocenters. The standard InChI is InChI=1S/C12H14ClN3O3S/c13-10-2-1-8(5-11(10)16(18)19)15-12(17)6-9-7-20-4-3-14-9/h1-2,5,9,14H,3-4,6-7H2,(H,15,17). The van der Waals surface area contributed by atoms with E-state index in [2.05, 4.69) is 10.6 Å². The van der Waals surface area contributed by atoms with Crippen LogP contribution in [0.25, 0.3) is 0 Å². The van der Waals surface area contributed by atoms with E-state index in [-0.39, 0.29) is 22.7 Å².